The van der Waals surface area contributed by atoms with E-state index in [1.165, 1.54) is 16.9 Å². The first kappa shape index (κ1) is 25.4. The Morgan fingerprint density at radius 3 is 2.55 bits per heavy atom. The van der Waals surface area contributed by atoms with Crippen molar-refractivity contribution >= 4 is 47.2 Å². The van der Waals surface area contributed by atoms with Gasteiger partial charge in [-0.25, -0.2) is 0 Å². The first-order valence-electron chi connectivity index (χ1n) is 9.57. The number of nitrogens with one attached hydrogen (secondary N) is 3. The molecule has 0 aliphatic heterocycles. The average Bonchev–Trinajstić information content (AvgIpc) is 3.25. The Kier molecular flexibility index (Phi) is 13.3. The summed E-state index contributed by atoms with van der Waals surface area (Å²) in [6.07, 6.45) is 0.827. The first-order valence-corrected chi connectivity index (χ1v) is 10.4. The molecule has 0 fully saturated rings. The maximum atomic E-state index is 11.8. The SMILES string of the molecule is CN=C(NCCCNC(=O)c1cccs1)NCC(C)COCc1ccccc1.I. The maximum Gasteiger partial charge on any atom is 0.261 e. The van der Waals surface area contributed by atoms with E-state index in [0.29, 0.717) is 25.7 Å². The van der Waals surface area contributed by atoms with Crippen LogP contribution in [0.4, 0.5) is 0 Å². The molecule has 3 N–H and O–H groups in total. The van der Waals surface area contributed by atoms with E-state index >= 15 is 0 Å². The Labute approximate surface area is 194 Å². The van der Waals surface area contributed by atoms with Crippen LogP contribution in [0.5, 0.6) is 0 Å². The van der Waals surface area contributed by atoms with Crippen molar-refractivity contribution in [1.82, 2.24) is 16.0 Å². The average molecular weight is 530 g/mol. The van der Waals surface area contributed by atoms with Crippen LogP contribution in [0, 0.1) is 5.92 Å². The van der Waals surface area contributed by atoms with Crippen molar-refractivity contribution in [3.63, 3.8) is 0 Å². The lowest BCUT2D eigenvalue weighted by molar-refractivity contribution is 0.0931. The predicted octanol–water partition coefficient (Wildman–Crippen LogP) is 3.50. The van der Waals surface area contributed by atoms with Gasteiger partial charge >= 0.3 is 0 Å². The van der Waals surface area contributed by atoms with Crippen LogP contribution in [0.1, 0.15) is 28.6 Å². The fraction of sp³-hybridized carbons (Fsp3) is 0.429. The largest absolute Gasteiger partial charge is 0.376 e. The molecule has 1 amide bonds. The molecule has 1 aromatic heterocycles. The minimum Gasteiger partial charge on any atom is -0.376 e. The number of guanidine groups is 1. The molecule has 8 heteroatoms. The summed E-state index contributed by atoms with van der Waals surface area (Å²) in [6, 6.07) is 13.9. The monoisotopic (exact) mass is 530 g/mol. The van der Waals surface area contributed by atoms with Crippen molar-refractivity contribution in [3.8, 4) is 0 Å². The molecule has 29 heavy (non-hydrogen) atoms. The van der Waals surface area contributed by atoms with Crippen LogP contribution < -0.4 is 16.0 Å². The number of carbonyl (C=O) groups is 1. The predicted molar refractivity (Wildman–Crippen MR) is 131 cm³/mol. The standard InChI is InChI=1S/C21H30N4O2S.HI/c1-17(15-27-16-18-8-4-3-5-9-18)14-25-21(22-2)24-12-7-11-23-20(26)19-10-6-13-28-19;/h3-6,8-10,13,17H,7,11-12,14-16H2,1-2H3,(H,23,26)(H2,22,24,25);1H. The van der Waals surface area contributed by atoms with Crippen molar-refractivity contribution in [1.29, 1.82) is 0 Å². The highest BCUT2D eigenvalue weighted by Crippen LogP contribution is 2.07. The van der Waals surface area contributed by atoms with Gasteiger partial charge in [-0.1, -0.05) is 43.3 Å². The molecule has 1 aromatic carbocycles. The number of carbonyl (C=O) groups excluding carboxylic acids is 1. The molecule has 0 bridgehead atoms. The van der Waals surface area contributed by atoms with E-state index in [-0.39, 0.29) is 29.9 Å². The molecule has 2 aromatic rings. The number of hydrogen-bond acceptors (Lipinski definition) is 4. The molecule has 160 valence electrons. The van der Waals surface area contributed by atoms with Crippen molar-refractivity contribution < 1.29 is 9.53 Å². The van der Waals surface area contributed by atoms with Gasteiger partial charge in [-0.15, -0.1) is 35.3 Å². The quantitative estimate of drug-likeness (QED) is 0.180. The van der Waals surface area contributed by atoms with Gasteiger partial charge in [0.1, 0.15) is 0 Å². The Morgan fingerprint density at radius 2 is 1.86 bits per heavy atom. The number of hydrogen-bond donors (Lipinski definition) is 3. The number of nitrogens with zero attached hydrogens (tertiary/aromatic N) is 1. The second kappa shape index (κ2) is 15.2. The highest BCUT2D eigenvalue weighted by Gasteiger charge is 2.06. The van der Waals surface area contributed by atoms with Gasteiger partial charge in [0.05, 0.1) is 18.1 Å². The van der Waals surface area contributed by atoms with Crippen molar-refractivity contribution in [2.75, 3.05) is 33.3 Å². The fourth-order valence-corrected chi connectivity index (χ4v) is 3.13. The van der Waals surface area contributed by atoms with Gasteiger partial charge < -0.3 is 20.7 Å². The third-order valence-corrected chi connectivity index (χ3v) is 4.90. The van der Waals surface area contributed by atoms with E-state index in [4.69, 9.17) is 4.74 Å². The summed E-state index contributed by atoms with van der Waals surface area (Å²) in [5.41, 5.74) is 1.19. The lowest BCUT2D eigenvalue weighted by Crippen LogP contribution is -2.41. The Morgan fingerprint density at radius 1 is 1.10 bits per heavy atom. The molecule has 1 heterocycles. The van der Waals surface area contributed by atoms with Crippen LogP contribution in [-0.2, 0) is 11.3 Å². The number of rotatable bonds is 11. The van der Waals surface area contributed by atoms with Crippen LogP contribution in [0.3, 0.4) is 0 Å². The summed E-state index contributed by atoms with van der Waals surface area (Å²) in [5, 5.41) is 11.4. The molecule has 0 radical (unpaired) electrons. The number of benzene rings is 1. The van der Waals surface area contributed by atoms with E-state index in [0.717, 1.165) is 30.3 Å². The van der Waals surface area contributed by atoms with Crippen molar-refractivity contribution in [2.45, 2.75) is 20.0 Å². The topological polar surface area (TPSA) is 74.8 Å². The molecule has 6 nitrogen and oxygen atoms in total. The lowest BCUT2D eigenvalue weighted by atomic mass is 10.2. The van der Waals surface area contributed by atoms with Gasteiger partial charge in [0.25, 0.3) is 5.91 Å². The highest BCUT2D eigenvalue weighted by molar-refractivity contribution is 14.0. The number of aliphatic imine (C=N–C) groups is 1. The van der Waals surface area contributed by atoms with E-state index in [1.807, 2.05) is 35.7 Å². The summed E-state index contributed by atoms with van der Waals surface area (Å²) >= 11 is 1.45. The molecule has 0 aliphatic carbocycles. The Balaban J connectivity index is 0.00000420. The van der Waals surface area contributed by atoms with Gasteiger partial charge in [0.2, 0.25) is 0 Å². The number of thiophene rings is 1. The minimum atomic E-state index is -0.0122. The summed E-state index contributed by atoms with van der Waals surface area (Å²) in [5.74, 6) is 1.12. The molecule has 0 spiro atoms. The van der Waals surface area contributed by atoms with Crippen LogP contribution in [0.25, 0.3) is 0 Å². The van der Waals surface area contributed by atoms with Crippen LogP contribution in [0.2, 0.25) is 0 Å². The van der Waals surface area contributed by atoms with Gasteiger partial charge in [0, 0.05) is 26.7 Å². The highest BCUT2D eigenvalue weighted by atomic mass is 127. The van der Waals surface area contributed by atoms with E-state index in [9.17, 15) is 4.79 Å². The smallest absolute Gasteiger partial charge is 0.261 e. The van der Waals surface area contributed by atoms with E-state index < -0.39 is 0 Å². The second-order valence-corrected chi connectivity index (χ2v) is 7.52. The van der Waals surface area contributed by atoms with Crippen molar-refractivity contribution in [3.05, 3.63) is 58.3 Å². The zero-order chi connectivity index (χ0) is 20.0. The van der Waals surface area contributed by atoms with Crippen LogP contribution >= 0.6 is 35.3 Å². The molecular formula is C21H31IN4O2S. The first-order chi connectivity index (χ1) is 13.7. The molecule has 1 atom stereocenters. The zero-order valence-electron chi connectivity index (χ0n) is 17.0. The Bertz CT molecular complexity index is 711. The molecular weight excluding hydrogens is 499 g/mol. The van der Waals surface area contributed by atoms with Crippen molar-refractivity contribution in [2.24, 2.45) is 10.9 Å². The molecule has 0 saturated carbocycles. The van der Waals surface area contributed by atoms with Gasteiger partial charge in [0.15, 0.2) is 5.96 Å². The summed E-state index contributed by atoms with van der Waals surface area (Å²) in [4.78, 5) is 16.8. The summed E-state index contributed by atoms with van der Waals surface area (Å²) < 4.78 is 5.77. The number of halogens is 1. The Hall–Kier alpha value is -1.65. The van der Waals surface area contributed by atoms with Crippen LogP contribution in [-0.4, -0.2) is 45.2 Å². The van der Waals surface area contributed by atoms with E-state index in [1.54, 1.807) is 7.05 Å². The minimum absolute atomic E-state index is 0. The third-order valence-electron chi connectivity index (χ3n) is 4.03. The number of ether oxygens (including phenoxy) is 1. The molecule has 0 aliphatic rings. The third kappa shape index (κ3) is 10.6. The van der Waals surface area contributed by atoms with Gasteiger partial charge in [-0.05, 0) is 29.3 Å². The fourth-order valence-electron chi connectivity index (χ4n) is 2.49. The number of amides is 1. The molecule has 0 saturated heterocycles. The lowest BCUT2D eigenvalue weighted by Gasteiger charge is -2.16. The second-order valence-electron chi connectivity index (χ2n) is 6.57. The van der Waals surface area contributed by atoms with Crippen LogP contribution in [0.15, 0.2) is 52.8 Å². The van der Waals surface area contributed by atoms with E-state index in [2.05, 4.69) is 40.0 Å². The molecule has 2 rings (SSSR count). The maximum absolute atomic E-state index is 11.8. The molecule has 1 unspecified atom stereocenters. The summed E-state index contributed by atoms with van der Waals surface area (Å²) in [6.45, 7) is 5.62. The van der Waals surface area contributed by atoms with Gasteiger partial charge in [-0.3, -0.25) is 9.79 Å². The normalized spacial score (nSPS) is 12.0. The summed E-state index contributed by atoms with van der Waals surface area (Å²) in [7, 11) is 1.75. The van der Waals surface area contributed by atoms with Gasteiger partial charge in [-0.2, -0.15) is 0 Å². The zero-order valence-corrected chi connectivity index (χ0v) is 20.2.